The van der Waals surface area contributed by atoms with E-state index >= 15 is 0 Å². The Kier molecular flexibility index (Phi) is 4.62. The largest absolute Gasteiger partial charge is 0.497 e. The van der Waals surface area contributed by atoms with Crippen molar-refractivity contribution in [3.8, 4) is 11.5 Å². The fourth-order valence-corrected chi connectivity index (χ4v) is 3.53. The van der Waals surface area contributed by atoms with Crippen molar-refractivity contribution in [1.82, 2.24) is 0 Å². The summed E-state index contributed by atoms with van der Waals surface area (Å²) in [4.78, 5) is 4.63. The Bertz CT molecular complexity index is 851. The highest BCUT2D eigenvalue weighted by Crippen LogP contribution is 2.39. The van der Waals surface area contributed by atoms with Crippen molar-refractivity contribution in [2.24, 2.45) is 4.99 Å². The van der Waals surface area contributed by atoms with E-state index in [0.717, 1.165) is 17.9 Å². The number of hydrogen-bond acceptors (Lipinski definition) is 3. The van der Waals surface area contributed by atoms with E-state index in [1.807, 2.05) is 24.4 Å². The third kappa shape index (κ3) is 3.04. The predicted octanol–water partition coefficient (Wildman–Crippen LogP) is 4.50. The van der Waals surface area contributed by atoms with E-state index in [9.17, 15) is 0 Å². The van der Waals surface area contributed by atoms with E-state index in [-0.39, 0.29) is 5.41 Å². The number of aliphatic imine (C=N–C) groups is 1. The lowest BCUT2D eigenvalue weighted by Gasteiger charge is -2.16. The molecule has 130 valence electrons. The molecule has 0 radical (unpaired) electrons. The Labute approximate surface area is 149 Å². The van der Waals surface area contributed by atoms with E-state index in [4.69, 9.17) is 9.47 Å². The number of hydrogen-bond donors (Lipinski definition) is 0. The third-order valence-corrected chi connectivity index (χ3v) is 4.97. The Morgan fingerprint density at radius 2 is 1.84 bits per heavy atom. The summed E-state index contributed by atoms with van der Waals surface area (Å²) in [5.74, 6) is 1.47. The number of ether oxygens (including phenoxy) is 2. The van der Waals surface area contributed by atoms with Gasteiger partial charge in [0.25, 0.3) is 0 Å². The zero-order valence-electron chi connectivity index (χ0n) is 15.5. The van der Waals surface area contributed by atoms with Crippen molar-refractivity contribution in [2.75, 3.05) is 21.3 Å². The summed E-state index contributed by atoms with van der Waals surface area (Å²) in [6.45, 7) is 4.54. The number of fused-ring (bicyclic) bond motifs is 1. The van der Waals surface area contributed by atoms with Crippen LogP contribution in [0.4, 0.5) is 11.4 Å². The summed E-state index contributed by atoms with van der Waals surface area (Å²) in [5, 5.41) is 0. The van der Waals surface area contributed by atoms with Gasteiger partial charge in [-0.05, 0) is 26.0 Å². The van der Waals surface area contributed by atoms with Crippen LogP contribution in [0.15, 0.2) is 47.5 Å². The first kappa shape index (κ1) is 17.2. The van der Waals surface area contributed by atoms with Crippen LogP contribution in [0.5, 0.6) is 11.5 Å². The maximum Gasteiger partial charge on any atom is 0.209 e. The van der Waals surface area contributed by atoms with E-state index in [2.05, 4.69) is 54.7 Å². The smallest absolute Gasteiger partial charge is 0.209 e. The van der Waals surface area contributed by atoms with Gasteiger partial charge in [-0.25, -0.2) is 4.58 Å². The first-order valence-corrected chi connectivity index (χ1v) is 8.43. The molecule has 0 aliphatic carbocycles. The number of benzene rings is 2. The average molecular weight is 337 g/mol. The average Bonchev–Trinajstić information content (AvgIpc) is 2.82. The maximum absolute atomic E-state index is 5.41. The first-order valence-electron chi connectivity index (χ1n) is 8.43. The van der Waals surface area contributed by atoms with E-state index in [1.54, 1.807) is 14.2 Å². The van der Waals surface area contributed by atoms with Gasteiger partial charge in [-0.15, -0.1) is 0 Å². The molecular weight excluding hydrogens is 312 g/mol. The molecule has 0 bridgehead atoms. The molecule has 3 rings (SSSR count). The van der Waals surface area contributed by atoms with Gasteiger partial charge in [0.05, 0.1) is 26.1 Å². The fourth-order valence-electron chi connectivity index (χ4n) is 3.53. The molecule has 0 spiro atoms. The zero-order valence-corrected chi connectivity index (χ0v) is 15.5. The van der Waals surface area contributed by atoms with Crippen LogP contribution in [0.25, 0.3) is 0 Å². The lowest BCUT2D eigenvalue weighted by atomic mass is 9.80. The molecule has 2 aromatic carbocycles. The highest BCUT2D eigenvalue weighted by Gasteiger charge is 2.43. The topological polar surface area (TPSA) is 33.8 Å². The second-order valence-electron chi connectivity index (χ2n) is 6.70. The first-order chi connectivity index (χ1) is 12.0. The minimum absolute atomic E-state index is 0.00135. The van der Waals surface area contributed by atoms with Gasteiger partial charge in [0.2, 0.25) is 5.69 Å². The van der Waals surface area contributed by atoms with Crippen LogP contribution in [0.2, 0.25) is 0 Å². The SMILES string of the molecule is COc1ccc(N=CCC2=[N+](C)c3ccccc3C2(C)C)c(OC)c1. The van der Waals surface area contributed by atoms with Crippen LogP contribution in [0.3, 0.4) is 0 Å². The number of rotatable bonds is 5. The molecule has 0 amide bonds. The highest BCUT2D eigenvalue weighted by atomic mass is 16.5. The molecule has 1 aliphatic heterocycles. The molecule has 4 nitrogen and oxygen atoms in total. The minimum Gasteiger partial charge on any atom is -0.497 e. The molecule has 2 aromatic rings. The molecule has 0 saturated heterocycles. The molecule has 1 heterocycles. The lowest BCUT2D eigenvalue weighted by Crippen LogP contribution is -2.28. The van der Waals surface area contributed by atoms with Gasteiger partial charge < -0.3 is 9.47 Å². The van der Waals surface area contributed by atoms with Crippen LogP contribution < -0.4 is 9.47 Å². The maximum atomic E-state index is 5.41. The highest BCUT2D eigenvalue weighted by molar-refractivity contribution is 6.02. The molecule has 0 fully saturated rings. The van der Waals surface area contributed by atoms with Crippen LogP contribution in [0, 0.1) is 0 Å². The Morgan fingerprint density at radius 3 is 2.52 bits per heavy atom. The zero-order chi connectivity index (χ0) is 18.0. The summed E-state index contributed by atoms with van der Waals surface area (Å²) in [6.07, 6.45) is 2.75. The predicted molar refractivity (Wildman–Crippen MR) is 103 cm³/mol. The summed E-state index contributed by atoms with van der Waals surface area (Å²) in [6, 6.07) is 14.2. The monoisotopic (exact) mass is 337 g/mol. The Morgan fingerprint density at radius 1 is 1.08 bits per heavy atom. The van der Waals surface area contributed by atoms with Crippen molar-refractivity contribution >= 4 is 23.3 Å². The van der Waals surface area contributed by atoms with Gasteiger partial charge in [0.1, 0.15) is 24.2 Å². The Balaban J connectivity index is 1.85. The number of methoxy groups -OCH3 is 2. The van der Waals surface area contributed by atoms with Crippen molar-refractivity contribution in [2.45, 2.75) is 25.7 Å². The van der Waals surface area contributed by atoms with Gasteiger partial charge in [-0.2, -0.15) is 0 Å². The van der Waals surface area contributed by atoms with Crippen molar-refractivity contribution in [3.05, 3.63) is 48.0 Å². The third-order valence-electron chi connectivity index (χ3n) is 4.97. The van der Waals surface area contributed by atoms with Crippen molar-refractivity contribution < 1.29 is 14.0 Å². The fraction of sp³-hybridized carbons (Fsp3) is 0.333. The lowest BCUT2D eigenvalue weighted by molar-refractivity contribution is -0.403. The number of para-hydroxylation sites is 1. The van der Waals surface area contributed by atoms with Gasteiger partial charge in [0.15, 0.2) is 5.71 Å². The van der Waals surface area contributed by atoms with Gasteiger partial charge in [-0.3, -0.25) is 4.99 Å². The molecule has 25 heavy (non-hydrogen) atoms. The summed E-state index contributed by atoms with van der Waals surface area (Å²) in [7, 11) is 5.42. The van der Waals surface area contributed by atoms with Crippen LogP contribution in [-0.4, -0.2) is 37.8 Å². The van der Waals surface area contributed by atoms with Crippen molar-refractivity contribution in [1.29, 1.82) is 0 Å². The summed E-state index contributed by atoms with van der Waals surface area (Å²) in [5.41, 5.74) is 4.78. The van der Waals surface area contributed by atoms with Crippen LogP contribution in [-0.2, 0) is 5.41 Å². The van der Waals surface area contributed by atoms with Crippen LogP contribution >= 0.6 is 0 Å². The molecule has 0 N–H and O–H groups in total. The summed E-state index contributed by atoms with van der Waals surface area (Å²) < 4.78 is 12.9. The van der Waals surface area contributed by atoms with Gasteiger partial charge in [0, 0.05) is 23.9 Å². The minimum atomic E-state index is 0.00135. The standard InChI is InChI=1S/C21H25N2O2/c1-21(2)16-8-6-7-9-18(16)23(3)20(21)12-13-22-17-11-10-15(24-4)14-19(17)25-5/h6-11,13-14H,12H2,1-5H3/q+1. The molecule has 4 heteroatoms. The quantitative estimate of drug-likeness (QED) is 0.594. The van der Waals surface area contributed by atoms with Crippen molar-refractivity contribution in [3.63, 3.8) is 0 Å². The molecule has 0 saturated carbocycles. The van der Waals surface area contributed by atoms with E-state index in [1.165, 1.54) is 17.0 Å². The number of nitrogens with zero attached hydrogens (tertiary/aromatic N) is 2. The van der Waals surface area contributed by atoms with Crippen LogP contribution in [0.1, 0.15) is 25.8 Å². The second-order valence-corrected chi connectivity index (χ2v) is 6.70. The van der Waals surface area contributed by atoms with Gasteiger partial charge in [-0.1, -0.05) is 18.2 Å². The molecular formula is C21H25N2O2+. The molecule has 1 aliphatic rings. The normalized spacial score (nSPS) is 15.6. The second kappa shape index (κ2) is 6.71. The Hall–Kier alpha value is -2.62. The van der Waals surface area contributed by atoms with Gasteiger partial charge >= 0.3 is 0 Å². The molecule has 0 aromatic heterocycles. The molecule has 0 atom stereocenters. The molecule has 0 unspecified atom stereocenters. The summed E-state index contributed by atoms with van der Waals surface area (Å²) >= 11 is 0. The van der Waals surface area contributed by atoms with E-state index < -0.39 is 0 Å². The van der Waals surface area contributed by atoms with E-state index in [0.29, 0.717) is 5.75 Å².